The molecule has 0 aliphatic heterocycles. The molecule has 0 spiro atoms. The van der Waals surface area contributed by atoms with Crippen molar-refractivity contribution in [2.24, 2.45) is 0 Å². The summed E-state index contributed by atoms with van der Waals surface area (Å²) in [5.41, 5.74) is 2.98. The van der Waals surface area contributed by atoms with E-state index in [1.807, 2.05) is 61.5 Å². The molecule has 0 heterocycles. The van der Waals surface area contributed by atoms with E-state index < -0.39 is 0 Å². The number of amides is 2. The molecule has 4 aromatic rings. The molecule has 0 aliphatic carbocycles. The van der Waals surface area contributed by atoms with Gasteiger partial charge in [0, 0.05) is 28.2 Å². The normalized spacial score (nSPS) is 10.7. The van der Waals surface area contributed by atoms with Gasteiger partial charge in [0.2, 0.25) is 5.91 Å². The van der Waals surface area contributed by atoms with Crippen LogP contribution < -0.4 is 10.2 Å². The summed E-state index contributed by atoms with van der Waals surface area (Å²) in [4.78, 5) is 27.4. The molecular formula is C27H23ClN2O2. The molecule has 0 fully saturated rings. The third-order valence-corrected chi connectivity index (χ3v) is 5.56. The van der Waals surface area contributed by atoms with Gasteiger partial charge in [-0.3, -0.25) is 9.59 Å². The van der Waals surface area contributed by atoms with E-state index >= 15 is 0 Å². The van der Waals surface area contributed by atoms with Crippen LogP contribution in [0.1, 0.15) is 22.8 Å². The molecule has 4 aromatic carbocycles. The van der Waals surface area contributed by atoms with Gasteiger partial charge in [-0.2, -0.15) is 0 Å². The second-order valence-electron chi connectivity index (χ2n) is 7.48. The van der Waals surface area contributed by atoms with Gasteiger partial charge in [-0.05, 0) is 60.3 Å². The number of carbonyl (C=O) groups is 2. The lowest BCUT2D eigenvalue weighted by atomic mass is 10.1. The number of hydrogen-bond acceptors (Lipinski definition) is 2. The first-order valence-electron chi connectivity index (χ1n) is 10.5. The molecule has 2 amide bonds. The van der Waals surface area contributed by atoms with Gasteiger partial charge in [0.1, 0.15) is 0 Å². The molecule has 5 heteroatoms. The summed E-state index contributed by atoms with van der Waals surface area (Å²) >= 11 is 5.89. The van der Waals surface area contributed by atoms with E-state index in [9.17, 15) is 9.59 Å². The molecule has 0 radical (unpaired) electrons. The Morgan fingerprint density at radius 2 is 1.53 bits per heavy atom. The van der Waals surface area contributed by atoms with Crippen LogP contribution >= 0.6 is 11.6 Å². The Labute approximate surface area is 192 Å². The topological polar surface area (TPSA) is 49.4 Å². The second kappa shape index (κ2) is 9.67. The number of anilines is 2. The van der Waals surface area contributed by atoms with Crippen molar-refractivity contribution in [3.8, 4) is 0 Å². The van der Waals surface area contributed by atoms with Crippen LogP contribution in [0.3, 0.4) is 0 Å². The number of fused-ring (bicyclic) bond motifs is 1. The van der Waals surface area contributed by atoms with E-state index in [-0.39, 0.29) is 18.2 Å². The highest BCUT2D eigenvalue weighted by atomic mass is 35.5. The molecule has 0 atom stereocenters. The highest BCUT2D eigenvalue weighted by Crippen LogP contribution is 2.28. The molecule has 4 rings (SSSR count). The van der Waals surface area contributed by atoms with E-state index in [0.29, 0.717) is 22.8 Å². The minimum Gasteiger partial charge on any atom is -0.326 e. The standard InChI is InChI=1S/C27H23ClN2O2/c1-2-30(25-9-5-7-20-6-3-4-8-24(20)25)27(32)21-12-16-23(17-13-21)29-26(31)18-19-10-14-22(28)15-11-19/h3-17H,2,18H2,1H3,(H,29,31). The summed E-state index contributed by atoms with van der Waals surface area (Å²) < 4.78 is 0. The maximum absolute atomic E-state index is 13.3. The fourth-order valence-electron chi connectivity index (χ4n) is 3.71. The van der Waals surface area contributed by atoms with Crippen LogP contribution in [0.5, 0.6) is 0 Å². The fourth-order valence-corrected chi connectivity index (χ4v) is 3.84. The molecule has 160 valence electrons. The monoisotopic (exact) mass is 442 g/mol. The Hall–Kier alpha value is -3.63. The van der Waals surface area contributed by atoms with Crippen molar-refractivity contribution in [1.82, 2.24) is 0 Å². The minimum absolute atomic E-state index is 0.0807. The summed E-state index contributed by atoms with van der Waals surface area (Å²) in [7, 11) is 0. The second-order valence-corrected chi connectivity index (χ2v) is 7.91. The zero-order valence-corrected chi connectivity index (χ0v) is 18.5. The zero-order chi connectivity index (χ0) is 22.5. The van der Waals surface area contributed by atoms with Crippen LogP contribution in [0.15, 0.2) is 91.0 Å². The lowest BCUT2D eigenvalue weighted by molar-refractivity contribution is -0.115. The van der Waals surface area contributed by atoms with Crippen molar-refractivity contribution >= 4 is 45.6 Å². The van der Waals surface area contributed by atoms with Gasteiger partial charge in [0.25, 0.3) is 5.91 Å². The summed E-state index contributed by atoms with van der Waals surface area (Å²) in [6, 6.07) is 28.2. The Morgan fingerprint density at radius 1 is 0.844 bits per heavy atom. The van der Waals surface area contributed by atoms with E-state index in [2.05, 4.69) is 5.32 Å². The summed E-state index contributed by atoms with van der Waals surface area (Å²) in [6.45, 7) is 2.51. The predicted molar refractivity (Wildman–Crippen MR) is 132 cm³/mol. The first-order valence-corrected chi connectivity index (χ1v) is 10.9. The number of benzene rings is 4. The van der Waals surface area contributed by atoms with Crippen molar-refractivity contribution in [1.29, 1.82) is 0 Å². The highest BCUT2D eigenvalue weighted by Gasteiger charge is 2.18. The third-order valence-electron chi connectivity index (χ3n) is 5.31. The van der Waals surface area contributed by atoms with Gasteiger partial charge >= 0.3 is 0 Å². The summed E-state index contributed by atoms with van der Waals surface area (Å²) in [5.74, 6) is -0.208. The van der Waals surface area contributed by atoms with Crippen LogP contribution in [0.4, 0.5) is 11.4 Å². The van der Waals surface area contributed by atoms with Crippen molar-refractivity contribution in [2.45, 2.75) is 13.3 Å². The van der Waals surface area contributed by atoms with Gasteiger partial charge in [-0.1, -0.05) is 60.1 Å². The van der Waals surface area contributed by atoms with Crippen LogP contribution in [-0.4, -0.2) is 18.4 Å². The first kappa shape index (κ1) is 21.6. The lowest BCUT2D eigenvalue weighted by Gasteiger charge is -2.23. The molecular weight excluding hydrogens is 420 g/mol. The van der Waals surface area contributed by atoms with Crippen molar-refractivity contribution in [3.05, 3.63) is 107 Å². The predicted octanol–water partition coefficient (Wildman–Crippen LogP) is 6.34. The summed E-state index contributed by atoms with van der Waals surface area (Å²) in [6.07, 6.45) is 0.253. The molecule has 0 saturated carbocycles. The van der Waals surface area contributed by atoms with Crippen molar-refractivity contribution in [3.63, 3.8) is 0 Å². The number of halogens is 1. The van der Waals surface area contributed by atoms with Crippen LogP contribution in [0.2, 0.25) is 5.02 Å². The van der Waals surface area contributed by atoms with Crippen molar-refractivity contribution in [2.75, 3.05) is 16.8 Å². The average Bonchev–Trinajstić information content (AvgIpc) is 2.81. The molecule has 32 heavy (non-hydrogen) atoms. The van der Waals surface area contributed by atoms with Crippen molar-refractivity contribution < 1.29 is 9.59 Å². The molecule has 0 aromatic heterocycles. The maximum Gasteiger partial charge on any atom is 0.258 e. The van der Waals surface area contributed by atoms with Gasteiger partial charge in [-0.25, -0.2) is 0 Å². The smallest absolute Gasteiger partial charge is 0.258 e. The SMILES string of the molecule is CCN(C(=O)c1ccc(NC(=O)Cc2ccc(Cl)cc2)cc1)c1cccc2ccccc12. The van der Waals surface area contributed by atoms with Gasteiger partial charge in [0.15, 0.2) is 0 Å². The molecule has 1 N–H and O–H groups in total. The number of nitrogens with zero attached hydrogens (tertiary/aromatic N) is 1. The molecule has 0 unspecified atom stereocenters. The zero-order valence-electron chi connectivity index (χ0n) is 17.7. The van der Waals surface area contributed by atoms with Crippen LogP contribution in [0.25, 0.3) is 10.8 Å². The van der Waals surface area contributed by atoms with Crippen LogP contribution in [0, 0.1) is 0 Å². The number of hydrogen-bond donors (Lipinski definition) is 1. The number of rotatable bonds is 6. The van der Waals surface area contributed by atoms with Gasteiger partial charge in [0.05, 0.1) is 12.1 Å². The fraction of sp³-hybridized carbons (Fsp3) is 0.111. The van der Waals surface area contributed by atoms with Gasteiger partial charge in [-0.15, -0.1) is 0 Å². The highest BCUT2D eigenvalue weighted by molar-refractivity contribution is 6.30. The number of carbonyl (C=O) groups excluding carboxylic acids is 2. The Morgan fingerprint density at radius 3 is 2.25 bits per heavy atom. The maximum atomic E-state index is 13.3. The lowest BCUT2D eigenvalue weighted by Crippen LogP contribution is -2.30. The largest absolute Gasteiger partial charge is 0.326 e. The molecule has 0 saturated heterocycles. The Bertz CT molecular complexity index is 1250. The quantitative estimate of drug-likeness (QED) is 0.378. The minimum atomic E-state index is -0.127. The Kier molecular flexibility index (Phi) is 6.52. The van der Waals surface area contributed by atoms with E-state index in [4.69, 9.17) is 11.6 Å². The van der Waals surface area contributed by atoms with E-state index in [1.54, 1.807) is 41.3 Å². The van der Waals surface area contributed by atoms with E-state index in [0.717, 1.165) is 22.0 Å². The number of nitrogens with one attached hydrogen (secondary N) is 1. The molecule has 0 bridgehead atoms. The first-order chi connectivity index (χ1) is 15.5. The average molecular weight is 443 g/mol. The third kappa shape index (κ3) is 4.82. The van der Waals surface area contributed by atoms with E-state index in [1.165, 1.54) is 0 Å². The van der Waals surface area contributed by atoms with Gasteiger partial charge < -0.3 is 10.2 Å². The van der Waals surface area contributed by atoms with Crippen LogP contribution in [-0.2, 0) is 11.2 Å². The Balaban J connectivity index is 1.48. The summed E-state index contributed by atoms with van der Waals surface area (Å²) in [5, 5.41) is 5.64. The molecule has 0 aliphatic rings. The molecule has 4 nitrogen and oxygen atoms in total.